The van der Waals surface area contributed by atoms with Crippen LogP contribution >= 0.6 is 0 Å². The number of rotatable bonds is 1. The predicted molar refractivity (Wildman–Crippen MR) is 33.8 cm³/mol. The van der Waals surface area contributed by atoms with Crippen LogP contribution in [0.5, 0.6) is 0 Å². The van der Waals surface area contributed by atoms with Crippen LogP contribution in [0.15, 0.2) is 0 Å². The van der Waals surface area contributed by atoms with Gasteiger partial charge in [0.25, 0.3) is 0 Å². The quantitative estimate of drug-likeness (QED) is 0.529. The minimum Gasteiger partial charge on any atom is -0.377 e. The molecule has 1 rings (SSSR count). The fourth-order valence-corrected chi connectivity index (χ4v) is 1.08. The Morgan fingerprint density at radius 3 is 3.00 bits per heavy atom. The molecule has 1 saturated heterocycles. The van der Waals surface area contributed by atoms with Gasteiger partial charge in [0.15, 0.2) is 0 Å². The first-order valence-electron chi connectivity index (χ1n) is 3.36. The van der Waals surface area contributed by atoms with Gasteiger partial charge < -0.3 is 4.74 Å². The first-order chi connectivity index (χ1) is 4.34. The van der Waals surface area contributed by atoms with Crippen molar-refractivity contribution in [3.63, 3.8) is 0 Å². The van der Waals surface area contributed by atoms with Gasteiger partial charge in [0, 0.05) is 6.61 Å². The first-order valence-corrected chi connectivity index (χ1v) is 3.36. The van der Waals surface area contributed by atoms with Crippen LogP contribution < -0.4 is 0 Å². The van der Waals surface area contributed by atoms with E-state index in [2.05, 4.69) is 6.07 Å². The van der Waals surface area contributed by atoms with Gasteiger partial charge in [-0.05, 0) is 19.8 Å². The van der Waals surface area contributed by atoms with E-state index >= 15 is 0 Å². The van der Waals surface area contributed by atoms with Gasteiger partial charge in [-0.15, -0.1) is 0 Å². The topological polar surface area (TPSA) is 33.0 Å². The van der Waals surface area contributed by atoms with E-state index in [1.807, 2.05) is 6.92 Å². The average molecular weight is 125 g/mol. The highest BCUT2D eigenvalue weighted by molar-refractivity contribution is 4.87. The Balaban J connectivity index is 2.34. The Morgan fingerprint density at radius 1 is 1.78 bits per heavy atom. The van der Waals surface area contributed by atoms with E-state index in [9.17, 15) is 0 Å². The number of hydrogen-bond donors (Lipinski definition) is 0. The lowest BCUT2D eigenvalue weighted by Gasteiger charge is -2.09. The first kappa shape index (κ1) is 6.57. The van der Waals surface area contributed by atoms with Gasteiger partial charge in [-0.2, -0.15) is 5.26 Å². The summed E-state index contributed by atoms with van der Waals surface area (Å²) in [5, 5.41) is 8.47. The fraction of sp³-hybridized carbons (Fsp3) is 0.857. The summed E-state index contributed by atoms with van der Waals surface area (Å²) in [6.45, 7) is 2.76. The molecule has 0 bridgehead atoms. The highest BCUT2D eigenvalue weighted by Crippen LogP contribution is 2.18. The highest BCUT2D eigenvalue weighted by atomic mass is 16.5. The molecule has 0 radical (unpaired) electrons. The van der Waals surface area contributed by atoms with Crippen molar-refractivity contribution in [1.82, 2.24) is 0 Å². The van der Waals surface area contributed by atoms with E-state index < -0.39 is 0 Å². The maximum Gasteiger partial charge on any atom is 0.0731 e. The fourth-order valence-electron chi connectivity index (χ4n) is 1.08. The summed E-state index contributed by atoms with van der Waals surface area (Å²) >= 11 is 0. The van der Waals surface area contributed by atoms with Gasteiger partial charge in [-0.1, -0.05) is 0 Å². The van der Waals surface area contributed by atoms with Crippen LogP contribution in [0, 0.1) is 17.2 Å². The lowest BCUT2D eigenvalue weighted by Crippen LogP contribution is -2.14. The Bertz CT molecular complexity index is 121. The zero-order valence-corrected chi connectivity index (χ0v) is 5.63. The van der Waals surface area contributed by atoms with Gasteiger partial charge in [0.1, 0.15) is 0 Å². The van der Waals surface area contributed by atoms with Crippen LogP contribution in [-0.2, 0) is 4.74 Å². The van der Waals surface area contributed by atoms with Crippen LogP contribution in [0.4, 0.5) is 0 Å². The van der Waals surface area contributed by atoms with Crippen LogP contribution in [0.3, 0.4) is 0 Å². The summed E-state index contributed by atoms with van der Waals surface area (Å²) in [7, 11) is 0. The molecule has 2 atom stereocenters. The van der Waals surface area contributed by atoms with Crippen molar-refractivity contribution in [2.75, 3.05) is 6.61 Å². The Labute approximate surface area is 55.4 Å². The van der Waals surface area contributed by atoms with Crippen molar-refractivity contribution in [3.05, 3.63) is 0 Å². The smallest absolute Gasteiger partial charge is 0.0731 e. The Morgan fingerprint density at radius 2 is 2.56 bits per heavy atom. The average Bonchev–Trinajstić information content (AvgIpc) is 2.37. The second kappa shape index (κ2) is 2.84. The molecule has 2 nitrogen and oxygen atoms in total. The normalized spacial score (nSPS) is 29.6. The molecule has 0 aromatic heterocycles. The minimum atomic E-state index is 0.0764. The molecule has 1 fully saturated rings. The lowest BCUT2D eigenvalue weighted by atomic mass is 10.0. The van der Waals surface area contributed by atoms with E-state index in [-0.39, 0.29) is 12.0 Å². The summed E-state index contributed by atoms with van der Waals surface area (Å²) in [6, 6.07) is 2.18. The zero-order valence-electron chi connectivity index (χ0n) is 5.63. The molecule has 0 spiro atoms. The predicted octanol–water partition coefficient (Wildman–Crippen LogP) is 1.33. The molecule has 2 unspecified atom stereocenters. The van der Waals surface area contributed by atoms with Gasteiger partial charge in [-0.3, -0.25) is 0 Å². The number of nitriles is 1. The Kier molecular flexibility index (Phi) is 2.07. The van der Waals surface area contributed by atoms with Crippen molar-refractivity contribution in [1.29, 1.82) is 5.26 Å². The Hall–Kier alpha value is -0.550. The molecule has 0 aromatic rings. The molecular weight excluding hydrogens is 114 g/mol. The zero-order chi connectivity index (χ0) is 6.69. The molecule has 0 aliphatic carbocycles. The van der Waals surface area contributed by atoms with Crippen molar-refractivity contribution in [2.45, 2.75) is 25.9 Å². The summed E-state index contributed by atoms with van der Waals surface area (Å²) in [5.41, 5.74) is 0. The summed E-state index contributed by atoms with van der Waals surface area (Å²) < 4.78 is 5.28. The molecule has 1 aliphatic heterocycles. The van der Waals surface area contributed by atoms with Gasteiger partial charge in [0.05, 0.1) is 18.1 Å². The molecule has 9 heavy (non-hydrogen) atoms. The van der Waals surface area contributed by atoms with Crippen LogP contribution in [0.2, 0.25) is 0 Å². The number of hydrogen-bond acceptors (Lipinski definition) is 2. The summed E-state index contributed by atoms with van der Waals surface area (Å²) in [5.74, 6) is 0.0764. The summed E-state index contributed by atoms with van der Waals surface area (Å²) in [6.07, 6.45) is 2.40. The standard InChI is InChI=1S/C7H11NO/c1-6(5-8)7-3-2-4-9-7/h6-7H,2-4H2,1H3. The maximum atomic E-state index is 8.47. The van der Waals surface area contributed by atoms with E-state index in [4.69, 9.17) is 10.00 Å². The van der Waals surface area contributed by atoms with Crippen LogP contribution in [0.25, 0.3) is 0 Å². The molecule has 50 valence electrons. The van der Waals surface area contributed by atoms with E-state index in [0.717, 1.165) is 19.4 Å². The molecule has 0 amide bonds. The van der Waals surface area contributed by atoms with E-state index in [0.29, 0.717) is 0 Å². The molecule has 1 heterocycles. The van der Waals surface area contributed by atoms with Gasteiger partial charge >= 0.3 is 0 Å². The third-order valence-electron chi connectivity index (χ3n) is 1.73. The minimum absolute atomic E-state index is 0.0764. The van der Waals surface area contributed by atoms with Crippen molar-refractivity contribution >= 4 is 0 Å². The highest BCUT2D eigenvalue weighted by Gasteiger charge is 2.21. The molecule has 1 aliphatic rings. The molecule has 0 saturated carbocycles. The number of ether oxygens (including phenoxy) is 1. The summed E-state index contributed by atoms with van der Waals surface area (Å²) in [4.78, 5) is 0. The molecule has 0 aromatic carbocycles. The van der Waals surface area contributed by atoms with E-state index in [1.165, 1.54) is 0 Å². The number of nitrogens with zero attached hydrogens (tertiary/aromatic N) is 1. The van der Waals surface area contributed by atoms with Crippen molar-refractivity contribution in [2.24, 2.45) is 5.92 Å². The monoisotopic (exact) mass is 125 g/mol. The molecule has 0 N–H and O–H groups in total. The maximum absolute atomic E-state index is 8.47. The van der Waals surface area contributed by atoms with Crippen LogP contribution in [-0.4, -0.2) is 12.7 Å². The lowest BCUT2D eigenvalue weighted by molar-refractivity contribution is 0.0867. The van der Waals surface area contributed by atoms with E-state index in [1.54, 1.807) is 0 Å². The van der Waals surface area contributed by atoms with Crippen LogP contribution in [0.1, 0.15) is 19.8 Å². The second-order valence-corrected chi connectivity index (χ2v) is 2.47. The largest absolute Gasteiger partial charge is 0.377 e. The van der Waals surface area contributed by atoms with Gasteiger partial charge in [0.2, 0.25) is 0 Å². The van der Waals surface area contributed by atoms with Gasteiger partial charge in [-0.25, -0.2) is 0 Å². The molecule has 2 heteroatoms. The second-order valence-electron chi connectivity index (χ2n) is 2.47. The van der Waals surface area contributed by atoms with Crippen molar-refractivity contribution < 1.29 is 4.74 Å². The third kappa shape index (κ3) is 1.43. The molecular formula is C7H11NO. The third-order valence-corrected chi connectivity index (χ3v) is 1.73. The SMILES string of the molecule is CC(C#N)C1CCCO1. The van der Waals surface area contributed by atoms with Crippen molar-refractivity contribution in [3.8, 4) is 6.07 Å².